The molecule has 0 amide bonds. The minimum absolute atomic E-state index is 0.0448. The summed E-state index contributed by atoms with van der Waals surface area (Å²) in [6, 6.07) is 6.84. The Kier molecular flexibility index (Phi) is 6.18. The molecule has 0 radical (unpaired) electrons. The van der Waals surface area contributed by atoms with E-state index in [0.29, 0.717) is 0 Å². The van der Waals surface area contributed by atoms with Gasteiger partial charge in [-0.05, 0) is 41.8 Å². The molecule has 0 saturated carbocycles. The van der Waals surface area contributed by atoms with Crippen molar-refractivity contribution < 1.29 is 48.8 Å². The first-order valence-electron chi connectivity index (χ1n) is 8.45. The van der Waals surface area contributed by atoms with Crippen LogP contribution in [0.3, 0.4) is 0 Å². The lowest BCUT2D eigenvalue weighted by Crippen LogP contribution is -2.01. The van der Waals surface area contributed by atoms with Gasteiger partial charge in [0.2, 0.25) is 0 Å². The molecule has 0 spiro atoms. The zero-order valence-electron chi connectivity index (χ0n) is 16.3. The summed E-state index contributed by atoms with van der Waals surface area (Å²) in [5.74, 6) is -0.809. The van der Waals surface area contributed by atoms with Gasteiger partial charge in [0, 0.05) is 11.5 Å². The maximum atomic E-state index is 11.9. The molecule has 0 bridgehead atoms. The van der Waals surface area contributed by atoms with E-state index in [1.807, 2.05) is 0 Å². The Balaban J connectivity index is 2.30. The molecule has 0 aromatic heterocycles. The molecule has 3 aromatic carbocycles. The predicted octanol–water partition coefficient (Wildman–Crippen LogP) is 2.71. The molecule has 0 saturated heterocycles. The van der Waals surface area contributed by atoms with Crippen LogP contribution >= 0.6 is 0 Å². The molecule has 3 rings (SSSR count). The molecule has 16 heteroatoms. The SMILES string of the molecule is COc1ccc(N=Nc2c(S(=O)(=O)O)cc3cc(S(=O)(=O)O)ccc3c2O)c(S(=O)(=O)O)c1. The predicted molar refractivity (Wildman–Crippen MR) is 112 cm³/mol. The van der Waals surface area contributed by atoms with Crippen LogP contribution in [0.2, 0.25) is 0 Å². The van der Waals surface area contributed by atoms with Crippen molar-refractivity contribution in [3.63, 3.8) is 0 Å². The summed E-state index contributed by atoms with van der Waals surface area (Å²) in [6.45, 7) is 0. The highest BCUT2D eigenvalue weighted by Gasteiger charge is 2.24. The van der Waals surface area contributed by atoms with E-state index in [0.717, 1.165) is 36.4 Å². The Bertz CT molecular complexity index is 1630. The first-order chi connectivity index (χ1) is 15.1. The van der Waals surface area contributed by atoms with Crippen molar-refractivity contribution in [3.8, 4) is 11.5 Å². The van der Waals surface area contributed by atoms with Crippen LogP contribution in [0.4, 0.5) is 11.4 Å². The van der Waals surface area contributed by atoms with Crippen LogP contribution in [0.5, 0.6) is 11.5 Å². The van der Waals surface area contributed by atoms with Crippen molar-refractivity contribution in [2.75, 3.05) is 7.11 Å². The summed E-state index contributed by atoms with van der Waals surface area (Å²) in [5, 5.41) is 17.3. The highest BCUT2D eigenvalue weighted by molar-refractivity contribution is 7.86. The zero-order chi connectivity index (χ0) is 24.8. The third-order valence-electron chi connectivity index (χ3n) is 4.30. The summed E-state index contributed by atoms with van der Waals surface area (Å²) in [4.78, 5) is -2.34. The highest BCUT2D eigenvalue weighted by Crippen LogP contribution is 2.42. The number of hydrogen-bond acceptors (Lipinski definition) is 10. The van der Waals surface area contributed by atoms with Gasteiger partial charge in [-0.1, -0.05) is 0 Å². The number of phenolic OH excluding ortho intramolecular Hbond substituents is 1. The Morgan fingerprint density at radius 1 is 0.758 bits per heavy atom. The Labute approximate surface area is 187 Å². The van der Waals surface area contributed by atoms with Crippen molar-refractivity contribution in [1.82, 2.24) is 0 Å². The van der Waals surface area contributed by atoms with E-state index in [4.69, 9.17) is 4.74 Å². The lowest BCUT2D eigenvalue weighted by Gasteiger charge is -2.10. The van der Waals surface area contributed by atoms with Crippen molar-refractivity contribution in [3.05, 3.63) is 42.5 Å². The number of hydrogen-bond donors (Lipinski definition) is 4. The number of azo groups is 1. The summed E-state index contributed by atoms with van der Waals surface area (Å²) >= 11 is 0. The second-order valence-electron chi connectivity index (χ2n) is 6.41. The molecule has 13 nitrogen and oxygen atoms in total. The van der Waals surface area contributed by atoms with E-state index in [1.54, 1.807) is 0 Å². The molecule has 4 N–H and O–H groups in total. The molecule has 0 aliphatic heterocycles. The highest BCUT2D eigenvalue weighted by atomic mass is 32.2. The van der Waals surface area contributed by atoms with E-state index in [2.05, 4.69) is 10.2 Å². The fourth-order valence-electron chi connectivity index (χ4n) is 2.80. The summed E-state index contributed by atoms with van der Waals surface area (Å²) < 4.78 is 103. The van der Waals surface area contributed by atoms with Gasteiger partial charge in [-0.25, -0.2) is 0 Å². The molecule has 3 aromatic rings. The second-order valence-corrected chi connectivity index (χ2v) is 10.6. The summed E-state index contributed by atoms with van der Waals surface area (Å²) in [6.07, 6.45) is 0. The standard InChI is InChI=1S/C17H14N2O11S3/c1-30-10-2-5-13(14(8-10)32(24,25)26)18-19-16-15(33(27,28)29)7-9-6-11(31(21,22)23)3-4-12(9)17(16)20/h2-8,20H,1H3,(H,21,22,23)(H,24,25,26)(H,27,28,29). The number of phenols is 1. The van der Waals surface area contributed by atoms with Gasteiger partial charge in [-0.15, -0.1) is 10.2 Å². The first kappa shape index (κ1) is 24.5. The normalized spacial score (nSPS) is 13.0. The average molecular weight is 519 g/mol. The van der Waals surface area contributed by atoms with Gasteiger partial charge >= 0.3 is 0 Å². The van der Waals surface area contributed by atoms with Gasteiger partial charge < -0.3 is 9.84 Å². The van der Waals surface area contributed by atoms with Crippen LogP contribution < -0.4 is 4.74 Å². The molecular formula is C17H14N2O11S3. The molecular weight excluding hydrogens is 504 g/mol. The van der Waals surface area contributed by atoms with Crippen LogP contribution in [0.1, 0.15) is 0 Å². The molecule has 0 aliphatic rings. The van der Waals surface area contributed by atoms with Crippen molar-refractivity contribution in [2.45, 2.75) is 14.7 Å². The third kappa shape index (κ3) is 5.10. The summed E-state index contributed by atoms with van der Waals surface area (Å²) in [7, 11) is -13.3. The van der Waals surface area contributed by atoms with Crippen LogP contribution in [0.25, 0.3) is 10.8 Å². The van der Waals surface area contributed by atoms with Crippen LogP contribution in [-0.4, -0.2) is 51.1 Å². The lowest BCUT2D eigenvalue weighted by atomic mass is 10.1. The van der Waals surface area contributed by atoms with E-state index < -0.39 is 62.2 Å². The maximum absolute atomic E-state index is 11.9. The molecule has 0 fully saturated rings. The minimum atomic E-state index is -5.06. The maximum Gasteiger partial charge on any atom is 0.296 e. The smallest absolute Gasteiger partial charge is 0.296 e. The van der Waals surface area contributed by atoms with E-state index in [9.17, 15) is 44.0 Å². The zero-order valence-corrected chi connectivity index (χ0v) is 18.8. The third-order valence-corrected chi connectivity index (χ3v) is 6.90. The van der Waals surface area contributed by atoms with Crippen molar-refractivity contribution in [1.29, 1.82) is 0 Å². The van der Waals surface area contributed by atoms with Crippen LogP contribution in [-0.2, 0) is 30.4 Å². The first-order valence-corrected chi connectivity index (χ1v) is 12.8. The van der Waals surface area contributed by atoms with Crippen LogP contribution in [0.15, 0.2) is 67.4 Å². The molecule has 176 valence electrons. The second kappa shape index (κ2) is 8.32. The van der Waals surface area contributed by atoms with Gasteiger partial charge in [-0.3, -0.25) is 13.7 Å². The Morgan fingerprint density at radius 3 is 1.94 bits per heavy atom. The number of benzene rings is 3. The van der Waals surface area contributed by atoms with Crippen molar-refractivity contribution in [2.24, 2.45) is 10.2 Å². The molecule has 33 heavy (non-hydrogen) atoms. The van der Waals surface area contributed by atoms with Gasteiger partial charge in [0.1, 0.15) is 26.9 Å². The number of aromatic hydroxyl groups is 1. The fraction of sp³-hybridized carbons (Fsp3) is 0.0588. The topological polar surface area (TPSA) is 217 Å². The molecule has 0 aliphatic carbocycles. The largest absolute Gasteiger partial charge is 0.505 e. The van der Waals surface area contributed by atoms with E-state index >= 15 is 0 Å². The molecule has 0 unspecified atom stereocenters. The Hall–Kier alpha value is -3.15. The lowest BCUT2D eigenvalue weighted by molar-refractivity contribution is 0.412. The summed E-state index contributed by atoms with van der Waals surface area (Å²) in [5.41, 5.74) is -1.26. The van der Waals surface area contributed by atoms with E-state index in [1.165, 1.54) is 13.2 Å². The number of methoxy groups -OCH3 is 1. The quantitative estimate of drug-likeness (QED) is 0.274. The average Bonchev–Trinajstić information content (AvgIpc) is 2.70. The number of fused-ring (bicyclic) bond motifs is 1. The fourth-order valence-corrected chi connectivity index (χ4v) is 4.61. The number of rotatable bonds is 6. The van der Waals surface area contributed by atoms with Gasteiger partial charge in [0.25, 0.3) is 30.4 Å². The number of nitrogens with zero attached hydrogens (tertiary/aromatic N) is 2. The molecule has 0 heterocycles. The van der Waals surface area contributed by atoms with Crippen LogP contribution in [0, 0.1) is 0 Å². The van der Waals surface area contributed by atoms with Crippen molar-refractivity contribution >= 4 is 52.5 Å². The molecule has 0 atom stereocenters. The van der Waals surface area contributed by atoms with Gasteiger partial charge in [0.15, 0.2) is 5.75 Å². The minimum Gasteiger partial charge on any atom is -0.505 e. The number of ether oxygens (including phenoxy) is 1. The Morgan fingerprint density at radius 2 is 1.39 bits per heavy atom. The van der Waals surface area contributed by atoms with Gasteiger partial charge in [-0.2, -0.15) is 25.3 Å². The monoisotopic (exact) mass is 518 g/mol. The van der Waals surface area contributed by atoms with Gasteiger partial charge in [0.05, 0.1) is 12.0 Å². The van der Waals surface area contributed by atoms with E-state index in [-0.39, 0.29) is 16.5 Å².